The van der Waals surface area contributed by atoms with Crippen LogP contribution in [0.3, 0.4) is 0 Å². The van der Waals surface area contributed by atoms with Gasteiger partial charge in [-0.1, -0.05) is 18.7 Å². The predicted molar refractivity (Wildman–Crippen MR) is 111 cm³/mol. The minimum absolute atomic E-state index is 0.178. The minimum Gasteiger partial charge on any atom is -0.467 e. The number of furan rings is 1. The van der Waals surface area contributed by atoms with Crippen LogP contribution >= 0.6 is 11.8 Å². The number of rotatable bonds is 7. The quantitative estimate of drug-likeness (QED) is 0.550. The zero-order chi connectivity index (χ0) is 20.1. The lowest BCUT2D eigenvalue weighted by Crippen LogP contribution is -2.44. The normalized spacial score (nSPS) is 16.9. The van der Waals surface area contributed by atoms with E-state index in [9.17, 15) is 4.79 Å². The Balaban J connectivity index is 1.53. The van der Waals surface area contributed by atoms with Gasteiger partial charge in [0.05, 0.1) is 18.6 Å². The van der Waals surface area contributed by atoms with Crippen LogP contribution in [0.4, 0.5) is 0 Å². The van der Waals surface area contributed by atoms with Gasteiger partial charge >= 0.3 is 0 Å². The van der Waals surface area contributed by atoms with Gasteiger partial charge in [0, 0.05) is 30.5 Å². The molecule has 4 heterocycles. The second-order valence-electron chi connectivity index (χ2n) is 7.15. The van der Waals surface area contributed by atoms with Gasteiger partial charge in [-0.05, 0) is 49.9 Å². The summed E-state index contributed by atoms with van der Waals surface area (Å²) in [4.78, 5) is 19.1. The maximum Gasteiger partial charge on any atom is 0.233 e. The highest BCUT2D eigenvalue weighted by atomic mass is 32.2. The van der Waals surface area contributed by atoms with E-state index in [2.05, 4.69) is 22.1 Å². The number of aromatic nitrogens is 4. The van der Waals surface area contributed by atoms with Gasteiger partial charge in [-0.25, -0.2) is 0 Å². The molecule has 1 amide bonds. The van der Waals surface area contributed by atoms with Crippen LogP contribution in [0.5, 0.6) is 0 Å². The van der Waals surface area contributed by atoms with Crippen LogP contribution in [0.15, 0.2) is 52.5 Å². The number of nitrogens with zero attached hydrogens (tertiary/aromatic N) is 5. The maximum atomic E-state index is 12.9. The molecule has 29 heavy (non-hydrogen) atoms. The van der Waals surface area contributed by atoms with Crippen molar-refractivity contribution in [2.75, 3.05) is 12.3 Å². The third-order valence-corrected chi connectivity index (χ3v) is 6.23. The highest BCUT2D eigenvalue weighted by Gasteiger charge is 2.26. The zero-order valence-corrected chi connectivity index (χ0v) is 17.3. The first-order valence-corrected chi connectivity index (χ1v) is 11.0. The number of thioether (sulfide) groups is 1. The van der Waals surface area contributed by atoms with Crippen molar-refractivity contribution in [1.82, 2.24) is 24.6 Å². The van der Waals surface area contributed by atoms with Crippen molar-refractivity contribution >= 4 is 17.7 Å². The Morgan fingerprint density at radius 1 is 1.28 bits per heavy atom. The molecule has 1 fully saturated rings. The third-order valence-electron chi connectivity index (χ3n) is 5.27. The van der Waals surface area contributed by atoms with E-state index in [1.807, 2.05) is 33.7 Å². The van der Waals surface area contributed by atoms with Gasteiger partial charge in [0.25, 0.3) is 0 Å². The Labute approximate surface area is 174 Å². The summed E-state index contributed by atoms with van der Waals surface area (Å²) in [6.45, 7) is 3.52. The monoisotopic (exact) mass is 411 g/mol. The first kappa shape index (κ1) is 19.7. The van der Waals surface area contributed by atoms with E-state index in [-0.39, 0.29) is 5.91 Å². The molecule has 7 nitrogen and oxygen atoms in total. The average Bonchev–Trinajstić information content (AvgIpc) is 3.43. The van der Waals surface area contributed by atoms with E-state index >= 15 is 0 Å². The van der Waals surface area contributed by atoms with Gasteiger partial charge in [0.15, 0.2) is 11.0 Å². The molecule has 4 rings (SSSR count). The van der Waals surface area contributed by atoms with Crippen molar-refractivity contribution < 1.29 is 9.21 Å². The fourth-order valence-corrected chi connectivity index (χ4v) is 4.59. The van der Waals surface area contributed by atoms with Gasteiger partial charge < -0.3 is 9.32 Å². The average molecular weight is 412 g/mol. The lowest BCUT2D eigenvalue weighted by atomic mass is 10.0. The SMILES string of the molecule is CCC1CCCCN1C(=O)CSc1nnc(-c2cccnc2)n1Cc1ccco1. The standard InChI is InChI=1S/C21H25N5O2S/c1-2-17-8-3-4-11-25(17)19(27)15-29-21-24-23-20(16-7-5-10-22-13-16)26(21)14-18-9-6-12-28-18/h5-7,9-10,12-13,17H,2-4,8,11,14-15H2,1H3. The Kier molecular flexibility index (Phi) is 6.29. The topological polar surface area (TPSA) is 77.1 Å². The fraction of sp³-hybridized carbons (Fsp3) is 0.429. The first-order chi connectivity index (χ1) is 14.3. The van der Waals surface area contributed by atoms with E-state index in [1.165, 1.54) is 18.2 Å². The van der Waals surface area contributed by atoms with E-state index in [0.29, 0.717) is 29.3 Å². The summed E-state index contributed by atoms with van der Waals surface area (Å²) in [6, 6.07) is 7.98. The largest absolute Gasteiger partial charge is 0.467 e. The third kappa shape index (κ3) is 4.53. The maximum absolute atomic E-state index is 12.9. The second-order valence-corrected chi connectivity index (χ2v) is 8.09. The van der Waals surface area contributed by atoms with Crippen molar-refractivity contribution in [2.24, 2.45) is 0 Å². The van der Waals surface area contributed by atoms with E-state index in [1.54, 1.807) is 18.7 Å². The predicted octanol–water partition coefficient (Wildman–Crippen LogP) is 3.86. The molecule has 0 aromatic carbocycles. The molecule has 0 aliphatic carbocycles. The highest BCUT2D eigenvalue weighted by Crippen LogP contribution is 2.26. The summed E-state index contributed by atoms with van der Waals surface area (Å²) in [6.07, 6.45) is 9.56. The first-order valence-electron chi connectivity index (χ1n) is 10.0. The summed E-state index contributed by atoms with van der Waals surface area (Å²) < 4.78 is 7.51. The number of hydrogen-bond donors (Lipinski definition) is 0. The molecule has 8 heteroatoms. The van der Waals surface area contributed by atoms with Crippen LogP contribution in [0.25, 0.3) is 11.4 Å². The van der Waals surface area contributed by atoms with Crippen LogP contribution in [0.2, 0.25) is 0 Å². The lowest BCUT2D eigenvalue weighted by Gasteiger charge is -2.35. The van der Waals surface area contributed by atoms with Crippen LogP contribution in [-0.2, 0) is 11.3 Å². The van der Waals surface area contributed by atoms with Crippen molar-refractivity contribution in [3.8, 4) is 11.4 Å². The Bertz CT molecular complexity index is 926. The summed E-state index contributed by atoms with van der Waals surface area (Å²) in [5.74, 6) is 2.07. The van der Waals surface area contributed by atoms with Crippen LogP contribution in [-0.4, -0.2) is 48.9 Å². The molecule has 0 spiro atoms. The van der Waals surface area contributed by atoms with E-state index in [0.717, 1.165) is 37.1 Å². The molecule has 1 saturated heterocycles. The summed E-state index contributed by atoms with van der Waals surface area (Å²) in [7, 11) is 0. The molecule has 3 aromatic rings. The van der Waals surface area contributed by atoms with Gasteiger partial charge in [-0.15, -0.1) is 10.2 Å². The molecule has 152 valence electrons. The van der Waals surface area contributed by atoms with Crippen molar-refractivity contribution in [1.29, 1.82) is 0 Å². The Morgan fingerprint density at radius 2 is 2.21 bits per heavy atom. The molecule has 0 radical (unpaired) electrons. The Morgan fingerprint density at radius 3 is 2.97 bits per heavy atom. The summed E-state index contributed by atoms with van der Waals surface area (Å²) in [5, 5.41) is 9.45. The molecular weight excluding hydrogens is 386 g/mol. The molecule has 1 aliphatic rings. The van der Waals surface area contributed by atoms with E-state index < -0.39 is 0 Å². The van der Waals surface area contributed by atoms with Crippen LogP contribution in [0, 0.1) is 0 Å². The number of hydrogen-bond acceptors (Lipinski definition) is 6. The minimum atomic E-state index is 0.178. The number of pyridine rings is 1. The van der Waals surface area contributed by atoms with Crippen LogP contribution in [0.1, 0.15) is 38.4 Å². The Hall–Kier alpha value is -2.61. The summed E-state index contributed by atoms with van der Waals surface area (Å²) >= 11 is 1.43. The zero-order valence-electron chi connectivity index (χ0n) is 16.5. The molecule has 0 saturated carbocycles. The van der Waals surface area contributed by atoms with E-state index in [4.69, 9.17) is 4.42 Å². The molecular formula is C21H25N5O2S. The lowest BCUT2D eigenvalue weighted by molar-refractivity contribution is -0.132. The smallest absolute Gasteiger partial charge is 0.233 e. The van der Waals surface area contributed by atoms with Gasteiger partial charge in [0.2, 0.25) is 5.91 Å². The second kappa shape index (κ2) is 9.26. The molecule has 0 N–H and O–H groups in total. The molecule has 1 aliphatic heterocycles. The van der Waals surface area contributed by atoms with Crippen LogP contribution < -0.4 is 0 Å². The number of amides is 1. The van der Waals surface area contributed by atoms with Gasteiger partial charge in [-0.3, -0.25) is 14.3 Å². The molecule has 0 bridgehead atoms. The number of carbonyl (C=O) groups is 1. The van der Waals surface area contributed by atoms with Gasteiger partial charge in [-0.2, -0.15) is 0 Å². The van der Waals surface area contributed by atoms with Crippen molar-refractivity contribution in [3.05, 3.63) is 48.7 Å². The number of carbonyl (C=O) groups excluding carboxylic acids is 1. The fourth-order valence-electron chi connectivity index (χ4n) is 3.77. The van der Waals surface area contributed by atoms with Crippen molar-refractivity contribution in [3.63, 3.8) is 0 Å². The molecule has 1 atom stereocenters. The molecule has 1 unspecified atom stereocenters. The summed E-state index contributed by atoms with van der Waals surface area (Å²) in [5.41, 5.74) is 0.881. The number of piperidine rings is 1. The molecule has 3 aromatic heterocycles. The highest BCUT2D eigenvalue weighted by molar-refractivity contribution is 7.99. The van der Waals surface area contributed by atoms with Crippen molar-refractivity contribution in [2.45, 2.75) is 50.4 Å². The van der Waals surface area contributed by atoms with Gasteiger partial charge in [0.1, 0.15) is 5.76 Å². The number of likely N-dealkylation sites (tertiary alicyclic amines) is 1.